The molecule has 0 saturated heterocycles. The number of hydrogen-bond donors (Lipinski definition) is 1. The maximum atomic E-state index is 10.4. The lowest BCUT2D eigenvalue weighted by atomic mass is 9.78. The van der Waals surface area contributed by atoms with E-state index >= 15 is 0 Å². The second kappa shape index (κ2) is 5.97. The summed E-state index contributed by atoms with van der Waals surface area (Å²) in [6.45, 7) is 4.22. The third-order valence-electron chi connectivity index (χ3n) is 3.52. The molecule has 0 unspecified atom stereocenters. The van der Waals surface area contributed by atoms with E-state index in [1.165, 1.54) is 0 Å². The van der Waals surface area contributed by atoms with E-state index in [2.05, 4.69) is 13.8 Å². The van der Waals surface area contributed by atoms with Crippen molar-refractivity contribution in [1.29, 1.82) is 0 Å². The predicted molar refractivity (Wildman–Crippen MR) is 77.7 cm³/mol. The summed E-state index contributed by atoms with van der Waals surface area (Å²) in [7, 11) is 0. The highest BCUT2D eigenvalue weighted by atomic mass is 16.5. The molecule has 2 aromatic rings. The van der Waals surface area contributed by atoms with Crippen molar-refractivity contribution >= 4 is 0 Å². The van der Waals surface area contributed by atoms with Gasteiger partial charge in [-0.15, -0.1) is 0 Å². The lowest BCUT2D eigenvalue weighted by molar-refractivity contribution is 0.138. The molecule has 0 saturated carbocycles. The van der Waals surface area contributed by atoms with Crippen LogP contribution in [0.25, 0.3) is 0 Å². The Morgan fingerprint density at radius 1 is 0.950 bits per heavy atom. The molecule has 0 aromatic heterocycles. The second-order valence-electron chi connectivity index (χ2n) is 5.25. The van der Waals surface area contributed by atoms with Crippen LogP contribution in [0.3, 0.4) is 0 Å². The van der Waals surface area contributed by atoms with Crippen molar-refractivity contribution in [3.8, 4) is 11.5 Å². The van der Waals surface area contributed by atoms with Gasteiger partial charge in [0, 0.05) is 5.41 Å². The van der Waals surface area contributed by atoms with Gasteiger partial charge in [0.25, 0.3) is 0 Å². The molecule has 2 rings (SSSR count). The fraction of sp³-hybridized carbons (Fsp3) is 0.294. The minimum atomic E-state index is -0.235. The van der Waals surface area contributed by atoms with Crippen LogP contribution in [0, 0.1) is 0 Å². The van der Waals surface area contributed by atoms with E-state index in [-0.39, 0.29) is 24.4 Å². The molecule has 0 heterocycles. The summed E-state index contributed by atoms with van der Waals surface area (Å²) in [4.78, 5) is 0. The maximum absolute atomic E-state index is 10.4. The summed E-state index contributed by atoms with van der Waals surface area (Å²) in [5.74, 6) is 0.983. The SMILES string of the molecule is CC(C)(c1ccc(O)cc1)c1ccc(OCC[O])cc1. The Hall–Kier alpha value is -2.00. The van der Waals surface area contributed by atoms with Gasteiger partial charge in [-0.3, -0.25) is 0 Å². The molecule has 0 aliphatic heterocycles. The Morgan fingerprint density at radius 2 is 1.45 bits per heavy atom. The van der Waals surface area contributed by atoms with Crippen LogP contribution in [0.1, 0.15) is 25.0 Å². The van der Waals surface area contributed by atoms with Crippen LogP contribution in [0.4, 0.5) is 0 Å². The molecular formula is C17H19O3. The van der Waals surface area contributed by atoms with E-state index in [0.717, 1.165) is 11.1 Å². The molecule has 20 heavy (non-hydrogen) atoms. The zero-order chi connectivity index (χ0) is 14.6. The van der Waals surface area contributed by atoms with E-state index < -0.39 is 0 Å². The topological polar surface area (TPSA) is 49.4 Å². The van der Waals surface area contributed by atoms with Crippen molar-refractivity contribution in [2.75, 3.05) is 13.2 Å². The predicted octanol–water partition coefficient (Wildman–Crippen LogP) is 3.53. The van der Waals surface area contributed by atoms with E-state index in [4.69, 9.17) is 4.74 Å². The van der Waals surface area contributed by atoms with Gasteiger partial charge in [0.2, 0.25) is 0 Å². The van der Waals surface area contributed by atoms with Gasteiger partial charge >= 0.3 is 0 Å². The number of hydrogen-bond acceptors (Lipinski definition) is 2. The normalized spacial score (nSPS) is 11.3. The van der Waals surface area contributed by atoms with Crippen molar-refractivity contribution < 1.29 is 14.9 Å². The molecule has 0 aliphatic rings. The standard InChI is InChI=1S/C17H19O3/c1-17(2,13-3-7-15(19)8-4-13)14-5-9-16(10-6-14)20-12-11-18/h3-10,19H,11-12H2,1-2H3. The zero-order valence-electron chi connectivity index (χ0n) is 11.8. The third-order valence-corrected chi connectivity index (χ3v) is 3.52. The molecule has 1 radical (unpaired) electrons. The molecule has 3 heteroatoms. The highest BCUT2D eigenvalue weighted by molar-refractivity contribution is 5.41. The van der Waals surface area contributed by atoms with Gasteiger partial charge in [0.05, 0.1) is 0 Å². The number of phenolic OH excluding ortho intramolecular Hbond substituents is 1. The van der Waals surface area contributed by atoms with Crippen LogP contribution in [0.15, 0.2) is 48.5 Å². The Kier molecular flexibility index (Phi) is 4.30. The number of rotatable bonds is 5. The number of benzene rings is 2. The summed E-state index contributed by atoms with van der Waals surface area (Å²) < 4.78 is 5.30. The molecule has 0 aliphatic carbocycles. The van der Waals surface area contributed by atoms with Crippen LogP contribution in [0.2, 0.25) is 0 Å². The van der Waals surface area contributed by atoms with Gasteiger partial charge < -0.3 is 9.84 Å². The van der Waals surface area contributed by atoms with Crippen LogP contribution in [-0.2, 0) is 10.5 Å². The highest BCUT2D eigenvalue weighted by Crippen LogP contribution is 2.33. The first-order valence-corrected chi connectivity index (χ1v) is 6.65. The average Bonchev–Trinajstić information content (AvgIpc) is 2.46. The molecule has 0 spiro atoms. The van der Waals surface area contributed by atoms with E-state index in [1.807, 2.05) is 36.4 Å². The fourth-order valence-corrected chi connectivity index (χ4v) is 2.17. The van der Waals surface area contributed by atoms with Crippen molar-refractivity contribution in [2.24, 2.45) is 0 Å². The van der Waals surface area contributed by atoms with E-state index in [1.54, 1.807) is 12.1 Å². The molecule has 1 N–H and O–H groups in total. The monoisotopic (exact) mass is 271 g/mol. The van der Waals surface area contributed by atoms with Gasteiger partial charge in [0.1, 0.15) is 24.7 Å². The van der Waals surface area contributed by atoms with Gasteiger partial charge in [-0.05, 0) is 35.4 Å². The van der Waals surface area contributed by atoms with Crippen LogP contribution >= 0.6 is 0 Å². The first-order chi connectivity index (χ1) is 9.54. The molecule has 105 valence electrons. The number of ether oxygens (including phenoxy) is 1. The van der Waals surface area contributed by atoms with Crippen molar-refractivity contribution in [3.05, 3.63) is 59.7 Å². The maximum Gasteiger partial charge on any atom is 0.119 e. The summed E-state index contributed by atoms with van der Waals surface area (Å²) in [6.07, 6.45) is 0. The Balaban J connectivity index is 2.22. The molecule has 0 bridgehead atoms. The highest BCUT2D eigenvalue weighted by Gasteiger charge is 2.22. The largest absolute Gasteiger partial charge is 0.508 e. The quantitative estimate of drug-likeness (QED) is 0.904. The minimum Gasteiger partial charge on any atom is -0.508 e. The molecule has 0 amide bonds. The van der Waals surface area contributed by atoms with E-state index in [9.17, 15) is 10.2 Å². The van der Waals surface area contributed by atoms with Crippen LogP contribution in [-0.4, -0.2) is 18.3 Å². The first kappa shape index (κ1) is 14.4. The zero-order valence-corrected chi connectivity index (χ0v) is 11.8. The number of phenols is 1. The van der Waals surface area contributed by atoms with Crippen LogP contribution < -0.4 is 4.74 Å². The molecule has 0 fully saturated rings. The van der Waals surface area contributed by atoms with Crippen molar-refractivity contribution in [1.82, 2.24) is 0 Å². The summed E-state index contributed by atoms with van der Waals surface area (Å²) in [6, 6.07) is 15.0. The Labute approximate surface area is 119 Å². The Morgan fingerprint density at radius 3 is 1.95 bits per heavy atom. The number of aromatic hydroxyl groups is 1. The molecule has 2 aromatic carbocycles. The third kappa shape index (κ3) is 3.11. The van der Waals surface area contributed by atoms with Gasteiger partial charge in [-0.2, -0.15) is 0 Å². The fourth-order valence-electron chi connectivity index (χ4n) is 2.17. The minimum absolute atomic E-state index is 0.162. The molecule has 0 atom stereocenters. The van der Waals surface area contributed by atoms with Crippen molar-refractivity contribution in [3.63, 3.8) is 0 Å². The first-order valence-electron chi connectivity index (χ1n) is 6.65. The van der Waals surface area contributed by atoms with Gasteiger partial charge in [-0.1, -0.05) is 38.1 Å². The average molecular weight is 271 g/mol. The van der Waals surface area contributed by atoms with Crippen LogP contribution in [0.5, 0.6) is 11.5 Å². The van der Waals surface area contributed by atoms with Gasteiger partial charge in [-0.25, -0.2) is 5.11 Å². The molecule has 3 nitrogen and oxygen atoms in total. The summed E-state index contributed by atoms with van der Waals surface area (Å²) in [5.41, 5.74) is 2.12. The smallest absolute Gasteiger partial charge is 0.119 e. The second-order valence-corrected chi connectivity index (χ2v) is 5.25. The Bertz CT molecular complexity index is 541. The summed E-state index contributed by atoms with van der Waals surface area (Å²) >= 11 is 0. The lowest BCUT2D eigenvalue weighted by Crippen LogP contribution is -2.18. The van der Waals surface area contributed by atoms with Crippen molar-refractivity contribution in [2.45, 2.75) is 19.3 Å². The lowest BCUT2D eigenvalue weighted by Gasteiger charge is -2.26. The summed E-state index contributed by atoms with van der Waals surface area (Å²) in [5, 5.41) is 19.8. The molecular weight excluding hydrogens is 252 g/mol. The van der Waals surface area contributed by atoms with Gasteiger partial charge in [0.15, 0.2) is 0 Å². The van der Waals surface area contributed by atoms with E-state index in [0.29, 0.717) is 5.75 Å².